The topological polar surface area (TPSA) is 57.2 Å². The molecule has 0 N–H and O–H groups in total. The van der Waals surface area contributed by atoms with Crippen molar-refractivity contribution in [3.8, 4) is 0 Å². The normalized spacial score (nSPS) is 23.8. The molecule has 8 heteroatoms. The van der Waals surface area contributed by atoms with Crippen molar-refractivity contribution in [2.45, 2.75) is 108 Å². The van der Waals surface area contributed by atoms with Gasteiger partial charge in [0.15, 0.2) is 10.1 Å². The smallest absolute Gasteiger partial charge is 0.741 e. The minimum atomic E-state index is -6.09. The maximum absolute atomic E-state index is 10.7. The molecule has 0 spiro atoms. The van der Waals surface area contributed by atoms with Gasteiger partial charge in [0.2, 0.25) is 0 Å². The van der Waals surface area contributed by atoms with E-state index in [-0.39, 0.29) is 22.4 Å². The summed E-state index contributed by atoms with van der Waals surface area (Å²) in [6.07, 6.45) is 22.3. The Kier molecular flexibility index (Phi) is 8.99. The van der Waals surface area contributed by atoms with Crippen LogP contribution in [-0.4, -0.2) is 18.5 Å². The summed E-state index contributed by atoms with van der Waals surface area (Å²) in [4.78, 5) is 0. The molecule has 33 heavy (non-hydrogen) atoms. The van der Waals surface area contributed by atoms with E-state index in [1.54, 1.807) is 0 Å². The van der Waals surface area contributed by atoms with Gasteiger partial charge >= 0.3 is 27.9 Å². The maximum Gasteiger partial charge on any atom is 1.00 e. The van der Waals surface area contributed by atoms with Crippen LogP contribution in [0.15, 0.2) is 44.6 Å². The van der Waals surface area contributed by atoms with Crippen LogP contribution in [0.4, 0.5) is 13.2 Å². The molecule has 0 saturated heterocycles. The molecule has 0 atom stereocenters. The molecule has 0 aromatic carbocycles. The molecule has 14 rings (SSSR count). The first-order chi connectivity index (χ1) is 15.1. The van der Waals surface area contributed by atoms with E-state index in [0.717, 1.165) is 0 Å². The maximum atomic E-state index is 10.7. The Morgan fingerprint density at radius 1 is 0.455 bits per heavy atom. The molecule has 0 aromatic heterocycles. The summed E-state index contributed by atoms with van der Waals surface area (Å²) in [6, 6.07) is 0. The number of rotatable bonds is 0. The van der Waals surface area contributed by atoms with Crippen molar-refractivity contribution >= 4 is 10.1 Å². The fraction of sp³-hybridized carbons (Fsp3) is 0.680. The zero-order valence-electron chi connectivity index (χ0n) is 18.9. The van der Waals surface area contributed by atoms with Gasteiger partial charge in [0, 0.05) is 0 Å². The van der Waals surface area contributed by atoms with E-state index in [9.17, 15) is 13.2 Å². The monoisotopic (exact) mass is 576 g/mol. The second-order valence-electron chi connectivity index (χ2n) is 9.73. The zero-order valence-corrected chi connectivity index (χ0v) is 21.2. The van der Waals surface area contributed by atoms with E-state index in [1.807, 2.05) is 44.6 Å². The molecule has 0 amide bonds. The number of allylic oxidation sites excluding steroid dienone is 8. The van der Waals surface area contributed by atoms with Crippen molar-refractivity contribution in [3.05, 3.63) is 44.6 Å². The number of alkyl halides is 3. The first kappa shape index (κ1) is 27.0. The van der Waals surface area contributed by atoms with Crippen LogP contribution in [0.25, 0.3) is 0 Å². The Hall–Kier alpha value is -0.600. The molecule has 0 unspecified atom stereocenters. The average molecular weight is 577 g/mol. The van der Waals surface area contributed by atoms with Crippen LogP contribution in [-0.2, 0) is 32.5 Å². The van der Waals surface area contributed by atoms with Gasteiger partial charge in [-0.3, -0.25) is 0 Å². The van der Waals surface area contributed by atoms with Crippen LogP contribution < -0.4 is 0 Å². The summed E-state index contributed by atoms with van der Waals surface area (Å²) in [7, 11) is -6.09. The minimum Gasteiger partial charge on any atom is -0.741 e. The molecule has 14 aliphatic carbocycles. The third-order valence-corrected chi connectivity index (χ3v) is 8.68. The molecular formula is C25H32AgF3O3S. The minimum absolute atomic E-state index is 0. The van der Waals surface area contributed by atoms with Gasteiger partial charge in [-0.2, -0.15) is 13.2 Å². The van der Waals surface area contributed by atoms with Gasteiger partial charge in [-0.15, -0.1) is 0 Å². The molecule has 4 fully saturated rings. The van der Waals surface area contributed by atoms with Crippen molar-refractivity contribution < 1.29 is 48.5 Å². The first-order valence-electron chi connectivity index (χ1n) is 11.9. The molecule has 0 aromatic rings. The number of halogens is 3. The van der Waals surface area contributed by atoms with E-state index < -0.39 is 15.6 Å². The van der Waals surface area contributed by atoms with Gasteiger partial charge in [-0.05, 0) is 103 Å². The van der Waals surface area contributed by atoms with Gasteiger partial charge < -0.3 is 4.55 Å². The molecule has 3 nitrogen and oxygen atoms in total. The molecule has 14 aliphatic rings. The Morgan fingerprint density at radius 3 is 0.606 bits per heavy atom. The molecule has 0 aliphatic heterocycles. The van der Waals surface area contributed by atoms with Crippen LogP contribution >= 0.6 is 0 Å². The molecule has 188 valence electrons. The molecule has 4 saturated carbocycles. The SMILES string of the molecule is C1CC2=C3CCC(=C4CCC(=C5CCC(=C1CC2)CC5)CC4)CC3.O=S(=O)([O-])C(F)(F)F.[Ag+]. The van der Waals surface area contributed by atoms with Gasteiger partial charge in [-0.1, -0.05) is 44.6 Å². The number of hydrogen-bond donors (Lipinski definition) is 0. The van der Waals surface area contributed by atoms with Crippen molar-refractivity contribution in [1.82, 2.24) is 0 Å². The quantitative estimate of drug-likeness (QED) is 0.129. The van der Waals surface area contributed by atoms with Crippen molar-refractivity contribution in [2.75, 3.05) is 0 Å². The third kappa shape index (κ3) is 6.54. The largest absolute Gasteiger partial charge is 1.00 e. The van der Waals surface area contributed by atoms with Crippen molar-refractivity contribution in [1.29, 1.82) is 0 Å². The predicted octanol–water partition coefficient (Wildman–Crippen LogP) is 7.53. The van der Waals surface area contributed by atoms with E-state index >= 15 is 0 Å². The average Bonchev–Trinajstić information content (AvgIpc) is 2.78. The van der Waals surface area contributed by atoms with E-state index in [2.05, 4.69) is 0 Å². The summed E-state index contributed by atoms with van der Waals surface area (Å²) >= 11 is 0. The van der Waals surface area contributed by atoms with Gasteiger partial charge in [0.05, 0.1) is 0 Å². The molecule has 0 radical (unpaired) electrons. The molecule has 8 bridgehead atoms. The molecular weight excluding hydrogens is 545 g/mol. The van der Waals surface area contributed by atoms with Gasteiger partial charge in [0.1, 0.15) is 0 Å². The Balaban J connectivity index is 0.000000297. The summed E-state index contributed by atoms with van der Waals surface area (Å²) in [5, 5.41) is 0. The first-order valence-corrected chi connectivity index (χ1v) is 13.3. The summed E-state index contributed by atoms with van der Waals surface area (Å²) in [6.45, 7) is 0. The zero-order chi connectivity index (χ0) is 22.9. The van der Waals surface area contributed by atoms with E-state index in [1.165, 1.54) is 103 Å². The Labute approximate surface area is 210 Å². The van der Waals surface area contributed by atoms with Gasteiger partial charge in [-0.25, -0.2) is 8.42 Å². The molecule has 0 heterocycles. The summed E-state index contributed by atoms with van der Waals surface area (Å²) in [5.74, 6) is 0. The van der Waals surface area contributed by atoms with E-state index in [0.29, 0.717) is 0 Å². The van der Waals surface area contributed by atoms with Gasteiger partial charge in [0.25, 0.3) is 0 Å². The second-order valence-corrected chi connectivity index (χ2v) is 11.1. The Morgan fingerprint density at radius 2 is 0.545 bits per heavy atom. The van der Waals surface area contributed by atoms with Crippen LogP contribution in [0.2, 0.25) is 0 Å². The van der Waals surface area contributed by atoms with Crippen LogP contribution in [0, 0.1) is 0 Å². The Bertz CT molecular complexity index is 776. The fourth-order valence-corrected chi connectivity index (χ4v) is 6.24. The van der Waals surface area contributed by atoms with Crippen LogP contribution in [0.1, 0.15) is 103 Å². The van der Waals surface area contributed by atoms with Crippen molar-refractivity contribution in [3.63, 3.8) is 0 Å². The van der Waals surface area contributed by atoms with Crippen molar-refractivity contribution in [2.24, 2.45) is 0 Å². The summed E-state index contributed by atoms with van der Waals surface area (Å²) < 4.78 is 58.9. The third-order valence-electron chi connectivity index (χ3n) is 8.11. The number of hydrogen-bond acceptors (Lipinski definition) is 3. The van der Waals surface area contributed by atoms with Crippen LogP contribution in [0.3, 0.4) is 0 Å². The second kappa shape index (κ2) is 11.0. The fourth-order valence-electron chi connectivity index (χ4n) is 6.24. The van der Waals surface area contributed by atoms with Crippen LogP contribution in [0.5, 0.6) is 0 Å². The summed E-state index contributed by atoms with van der Waals surface area (Å²) in [5.41, 5.74) is 9.34. The standard InChI is InChI=1S/C24H32.CHF3O3S.Ag/c1-2-18-4-3-17(1)19-5-7-21(8-6-19)23-13-15-24(16-14-23)22-11-9-20(18)10-12-22;2-1(3,4)8(5,6)7;/h1-16H2;(H,5,6,7);/q;;+1/p-1. The predicted molar refractivity (Wildman–Crippen MR) is 118 cm³/mol. The van der Waals surface area contributed by atoms with E-state index in [4.69, 9.17) is 13.0 Å².